The average molecular weight is 283 g/mol. The van der Waals surface area contributed by atoms with E-state index in [1.165, 1.54) is 0 Å². The van der Waals surface area contributed by atoms with E-state index in [-0.39, 0.29) is 30.3 Å². The van der Waals surface area contributed by atoms with Crippen molar-refractivity contribution in [3.8, 4) is 0 Å². The number of amides is 3. The highest BCUT2D eigenvalue weighted by Crippen LogP contribution is 2.13. The van der Waals surface area contributed by atoms with Crippen molar-refractivity contribution in [2.45, 2.75) is 33.7 Å². The number of hydrogen-bond donors (Lipinski definition) is 2. The molecule has 0 spiro atoms. The molecule has 0 aliphatic heterocycles. The molecule has 0 rings (SSSR count). The molecule has 0 fully saturated rings. The summed E-state index contributed by atoms with van der Waals surface area (Å²) in [5.74, 6) is -0.176. The summed E-state index contributed by atoms with van der Waals surface area (Å²) in [5, 5.41) is 5.07. The molecule has 1 unspecified atom stereocenters. The van der Waals surface area contributed by atoms with Gasteiger partial charge < -0.3 is 15.5 Å². The summed E-state index contributed by atoms with van der Waals surface area (Å²) in [7, 11) is 1.67. The topological polar surface area (TPSA) is 78.5 Å². The second kappa shape index (κ2) is 9.12. The van der Waals surface area contributed by atoms with Gasteiger partial charge in [0.25, 0.3) is 0 Å². The molecule has 0 radical (unpaired) electrons. The molecule has 0 aliphatic carbocycles. The van der Waals surface area contributed by atoms with Gasteiger partial charge in [-0.2, -0.15) is 0 Å². The Balaban J connectivity index is 4.96. The Morgan fingerprint density at radius 1 is 1.30 bits per heavy atom. The second-order valence-corrected chi connectivity index (χ2v) is 4.95. The summed E-state index contributed by atoms with van der Waals surface area (Å²) in [6.45, 7) is 8.05. The van der Waals surface area contributed by atoms with E-state index < -0.39 is 0 Å². The molecule has 0 aromatic rings. The van der Waals surface area contributed by atoms with E-state index in [9.17, 15) is 14.4 Å². The van der Waals surface area contributed by atoms with Crippen molar-refractivity contribution in [2.24, 2.45) is 5.92 Å². The lowest BCUT2D eigenvalue weighted by Gasteiger charge is -2.29. The van der Waals surface area contributed by atoms with Crippen molar-refractivity contribution in [2.75, 3.05) is 20.1 Å². The van der Waals surface area contributed by atoms with Crippen LogP contribution in [0.4, 0.5) is 0 Å². The Bertz CT molecular complexity index is 378. The maximum atomic E-state index is 11.9. The minimum Gasteiger partial charge on any atom is -0.353 e. The van der Waals surface area contributed by atoms with E-state index in [1.54, 1.807) is 24.9 Å². The van der Waals surface area contributed by atoms with Crippen LogP contribution in [0.5, 0.6) is 0 Å². The van der Waals surface area contributed by atoms with Crippen molar-refractivity contribution < 1.29 is 14.4 Å². The van der Waals surface area contributed by atoms with Gasteiger partial charge in [0.05, 0.1) is 12.6 Å². The molecular formula is C14H25N3O3. The number of rotatable bonds is 8. The van der Waals surface area contributed by atoms with Crippen molar-refractivity contribution in [1.29, 1.82) is 0 Å². The fourth-order valence-corrected chi connectivity index (χ4v) is 1.80. The standard InChI is InChI=1S/C14H25N3O3/c1-6-16-14(20)11(4)7-12(10(2)3)17(5)13(19)8-15-9-18/h7,9-10,12H,6,8H2,1-5H3,(H,15,18)(H,16,20). The Hall–Kier alpha value is -1.85. The zero-order valence-electron chi connectivity index (χ0n) is 12.9. The first-order chi connectivity index (χ1) is 9.34. The highest BCUT2D eigenvalue weighted by atomic mass is 16.2. The minimum atomic E-state index is -0.198. The maximum absolute atomic E-state index is 11.9. The Kier molecular flexibility index (Phi) is 8.27. The molecule has 0 heterocycles. The van der Waals surface area contributed by atoms with E-state index >= 15 is 0 Å². The molecule has 2 N–H and O–H groups in total. The van der Waals surface area contributed by atoms with Crippen LogP contribution in [0.2, 0.25) is 0 Å². The summed E-state index contributed by atoms with van der Waals surface area (Å²) in [4.78, 5) is 35.4. The van der Waals surface area contributed by atoms with Crippen LogP contribution in [0.3, 0.4) is 0 Å². The molecule has 0 bridgehead atoms. The van der Waals surface area contributed by atoms with Gasteiger partial charge in [0, 0.05) is 19.2 Å². The van der Waals surface area contributed by atoms with Gasteiger partial charge in [-0.25, -0.2) is 0 Å². The van der Waals surface area contributed by atoms with Crippen LogP contribution in [-0.2, 0) is 14.4 Å². The first-order valence-electron chi connectivity index (χ1n) is 6.74. The normalized spacial score (nSPS) is 12.8. The SMILES string of the molecule is CCNC(=O)C(C)=CC(C(C)C)N(C)C(=O)CNC=O. The van der Waals surface area contributed by atoms with Crippen molar-refractivity contribution in [1.82, 2.24) is 15.5 Å². The zero-order valence-corrected chi connectivity index (χ0v) is 12.9. The van der Waals surface area contributed by atoms with Gasteiger partial charge in [-0.1, -0.05) is 19.9 Å². The summed E-state index contributed by atoms with van der Waals surface area (Å²) in [6.07, 6.45) is 2.28. The Morgan fingerprint density at radius 2 is 1.90 bits per heavy atom. The lowest BCUT2D eigenvalue weighted by atomic mass is 10.00. The van der Waals surface area contributed by atoms with E-state index in [2.05, 4.69) is 10.6 Å². The number of carbonyl (C=O) groups is 3. The molecule has 6 heteroatoms. The summed E-state index contributed by atoms with van der Waals surface area (Å²) < 4.78 is 0. The number of likely N-dealkylation sites (N-methyl/N-ethyl adjacent to an activating group) is 2. The quantitative estimate of drug-likeness (QED) is 0.497. The van der Waals surface area contributed by atoms with E-state index in [4.69, 9.17) is 0 Å². The smallest absolute Gasteiger partial charge is 0.246 e. The lowest BCUT2D eigenvalue weighted by molar-refractivity contribution is -0.132. The third-order valence-corrected chi connectivity index (χ3v) is 2.98. The average Bonchev–Trinajstić information content (AvgIpc) is 2.40. The highest BCUT2D eigenvalue weighted by molar-refractivity contribution is 5.93. The van der Waals surface area contributed by atoms with Crippen LogP contribution in [0.1, 0.15) is 27.7 Å². The molecule has 0 aromatic carbocycles. The zero-order chi connectivity index (χ0) is 15.7. The molecule has 0 saturated heterocycles. The Morgan fingerprint density at radius 3 is 2.35 bits per heavy atom. The number of nitrogens with one attached hydrogen (secondary N) is 2. The summed E-state index contributed by atoms with van der Waals surface area (Å²) >= 11 is 0. The lowest BCUT2D eigenvalue weighted by Crippen LogP contribution is -2.43. The van der Waals surface area contributed by atoms with E-state index in [0.29, 0.717) is 18.5 Å². The highest BCUT2D eigenvalue weighted by Gasteiger charge is 2.21. The third-order valence-electron chi connectivity index (χ3n) is 2.98. The predicted octanol–water partition coefficient (Wildman–Crippen LogP) is 0.298. The first-order valence-corrected chi connectivity index (χ1v) is 6.74. The summed E-state index contributed by atoms with van der Waals surface area (Å²) in [6, 6.07) is -0.196. The fraction of sp³-hybridized carbons (Fsp3) is 0.643. The minimum absolute atomic E-state index is 0.0444. The van der Waals surface area contributed by atoms with Crippen LogP contribution in [0.25, 0.3) is 0 Å². The molecule has 6 nitrogen and oxygen atoms in total. The number of carbonyl (C=O) groups excluding carboxylic acids is 3. The fourth-order valence-electron chi connectivity index (χ4n) is 1.80. The van der Waals surface area contributed by atoms with Crippen molar-refractivity contribution >= 4 is 18.2 Å². The van der Waals surface area contributed by atoms with Gasteiger partial charge in [-0.15, -0.1) is 0 Å². The van der Waals surface area contributed by atoms with E-state index in [1.807, 2.05) is 20.8 Å². The van der Waals surface area contributed by atoms with Gasteiger partial charge >= 0.3 is 0 Å². The molecule has 0 aliphatic rings. The van der Waals surface area contributed by atoms with Crippen LogP contribution in [-0.4, -0.2) is 49.3 Å². The van der Waals surface area contributed by atoms with Gasteiger partial charge in [0.15, 0.2) is 0 Å². The maximum Gasteiger partial charge on any atom is 0.246 e. The third kappa shape index (κ3) is 5.86. The molecular weight excluding hydrogens is 258 g/mol. The first kappa shape index (κ1) is 18.1. The van der Waals surface area contributed by atoms with Crippen molar-refractivity contribution in [3.05, 3.63) is 11.6 Å². The molecule has 1 atom stereocenters. The monoisotopic (exact) mass is 283 g/mol. The molecule has 0 saturated carbocycles. The van der Waals surface area contributed by atoms with Crippen LogP contribution < -0.4 is 10.6 Å². The van der Waals surface area contributed by atoms with Gasteiger partial charge in [-0.3, -0.25) is 14.4 Å². The molecule has 3 amide bonds. The van der Waals surface area contributed by atoms with E-state index in [0.717, 1.165) is 0 Å². The number of hydrogen-bond acceptors (Lipinski definition) is 3. The molecule has 0 aromatic heterocycles. The largest absolute Gasteiger partial charge is 0.353 e. The summed E-state index contributed by atoms with van der Waals surface area (Å²) in [5.41, 5.74) is 0.577. The van der Waals surface area contributed by atoms with Gasteiger partial charge in [0.2, 0.25) is 18.2 Å². The van der Waals surface area contributed by atoms with Crippen LogP contribution in [0, 0.1) is 5.92 Å². The second-order valence-electron chi connectivity index (χ2n) is 4.95. The van der Waals surface area contributed by atoms with Crippen LogP contribution >= 0.6 is 0 Å². The van der Waals surface area contributed by atoms with Gasteiger partial charge in [0.1, 0.15) is 0 Å². The molecule has 20 heavy (non-hydrogen) atoms. The predicted molar refractivity (Wildman–Crippen MR) is 77.9 cm³/mol. The van der Waals surface area contributed by atoms with Gasteiger partial charge in [-0.05, 0) is 19.8 Å². The Labute approximate surface area is 120 Å². The van der Waals surface area contributed by atoms with Crippen molar-refractivity contribution in [3.63, 3.8) is 0 Å². The number of nitrogens with zero attached hydrogens (tertiary/aromatic N) is 1. The van der Waals surface area contributed by atoms with Crippen LogP contribution in [0.15, 0.2) is 11.6 Å². The molecule has 114 valence electrons.